The molecular formula is C38H25N3S. The van der Waals surface area contributed by atoms with Crippen LogP contribution in [-0.4, -0.2) is 14.5 Å². The Balaban J connectivity index is 1.59. The maximum absolute atomic E-state index is 5.15. The maximum Gasteiger partial charge on any atom is 0.0730 e. The van der Waals surface area contributed by atoms with E-state index in [1.54, 1.807) is 0 Å². The lowest BCUT2D eigenvalue weighted by Crippen LogP contribution is -1.99. The Morgan fingerprint density at radius 1 is 0.667 bits per heavy atom. The molecule has 4 heterocycles. The minimum absolute atomic E-state index is 0.926. The van der Waals surface area contributed by atoms with Crippen LogP contribution in [0.25, 0.3) is 82.3 Å². The van der Waals surface area contributed by atoms with Crippen LogP contribution >= 0.6 is 11.3 Å². The van der Waals surface area contributed by atoms with E-state index >= 15 is 0 Å². The van der Waals surface area contributed by atoms with Crippen molar-refractivity contribution in [3.63, 3.8) is 0 Å². The zero-order chi connectivity index (χ0) is 28.2. The van der Waals surface area contributed by atoms with E-state index < -0.39 is 0 Å². The average molecular weight is 556 g/mol. The quantitative estimate of drug-likeness (QED) is 0.211. The number of nitrogens with zero attached hydrogens (tertiary/aromatic N) is 3. The molecule has 8 rings (SSSR count). The standard InChI is InChI=1S/C38H25N3S/c1-3-27-28(4-2)36-29-17-11-12-18-34(29)42-38(36)37-35(27)30-23-39-20-19-33(30)41(37)26-21-31(24-13-7-5-8-14-24)40-32(22-26)25-15-9-6-10-16-25/h3-23H,1-2H2. The number of hydrogen-bond acceptors (Lipinski definition) is 3. The summed E-state index contributed by atoms with van der Waals surface area (Å²) in [4.78, 5) is 9.72. The highest BCUT2D eigenvalue weighted by molar-refractivity contribution is 7.26. The molecule has 3 nitrogen and oxygen atoms in total. The molecule has 4 aromatic heterocycles. The normalized spacial score (nSPS) is 11.5. The second-order valence-corrected chi connectivity index (χ2v) is 11.4. The first-order valence-corrected chi connectivity index (χ1v) is 14.7. The van der Waals surface area contributed by atoms with Gasteiger partial charge in [0, 0.05) is 49.8 Å². The molecule has 0 amide bonds. The minimum atomic E-state index is 0.926. The van der Waals surface area contributed by atoms with Gasteiger partial charge in [0.1, 0.15) is 0 Å². The fourth-order valence-corrected chi connectivity index (χ4v) is 7.48. The molecule has 0 saturated carbocycles. The third-order valence-corrected chi connectivity index (χ3v) is 9.20. The van der Waals surface area contributed by atoms with Gasteiger partial charge < -0.3 is 4.57 Å². The van der Waals surface area contributed by atoms with Gasteiger partial charge in [-0.1, -0.05) is 104 Å². The van der Waals surface area contributed by atoms with Crippen molar-refractivity contribution in [2.24, 2.45) is 0 Å². The first-order valence-electron chi connectivity index (χ1n) is 13.9. The highest BCUT2D eigenvalue weighted by atomic mass is 32.1. The van der Waals surface area contributed by atoms with Crippen molar-refractivity contribution < 1.29 is 0 Å². The predicted molar refractivity (Wildman–Crippen MR) is 180 cm³/mol. The van der Waals surface area contributed by atoms with E-state index in [1.807, 2.05) is 48.0 Å². The van der Waals surface area contributed by atoms with Crippen molar-refractivity contribution in [2.45, 2.75) is 0 Å². The molecule has 0 radical (unpaired) electrons. The lowest BCUT2D eigenvalue weighted by atomic mass is 9.96. The number of aromatic nitrogens is 3. The van der Waals surface area contributed by atoms with Crippen molar-refractivity contribution in [3.05, 3.63) is 140 Å². The van der Waals surface area contributed by atoms with Crippen LogP contribution in [0.5, 0.6) is 0 Å². The molecule has 0 bridgehead atoms. The molecule has 198 valence electrons. The third kappa shape index (κ3) is 3.59. The van der Waals surface area contributed by atoms with E-state index in [0.717, 1.165) is 61.1 Å². The Labute approximate surface area is 247 Å². The largest absolute Gasteiger partial charge is 0.307 e. The van der Waals surface area contributed by atoms with Crippen LogP contribution < -0.4 is 0 Å². The summed E-state index contributed by atoms with van der Waals surface area (Å²) in [6.45, 7) is 8.52. The molecule has 4 heteroatoms. The molecule has 8 aromatic rings. The monoisotopic (exact) mass is 555 g/mol. The second-order valence-electron chi connectivity index (χ2n) is 10.3. The van der Waals surface area contributed by atoms with Gasteiger partial charge in [-0.25, -0.2) is 4.98 Å². The Kier molecular flexibility index (Phi) is 5.62. The van der Waals surface area contributed by atoms with Crippen LogP contribution in [0, 0.1) is 0 Å². The van der Waals surface area contributed by atoms with Gasteiger partial charge in [0.25, 0.3) is 0 Å². The molecule has 0 saturated heterocycles. The van der Waals surface area contributed by atoms with Crippen LogP contribution in [0.3, 0.4) is 0 Å². The van der Waals surface area contributed by atoms with Gasteiger partial charge in [-0.3, -0.25) is 4.98 Å². The smallest absolute Gasteiger partial charge is 0.0730 e. The van der Waals surface area contributed by atoms with E-state index in [9.17, 15) is 0 Å². The molecular weight excluding hydrogens is 531 g/mol. The lowest BCUT2D eigenvalue weighted by molar-refractivity contribution is 1.16. The van der Waals surface area contributed by atoms with E-state index in [0.29, 0.717) is 0 Å². The summed E-state index contributed by atoms with van der Waals surface area (Å²) in [7, 11) is 0. The molecule has 4 aromatic carbocycles. The number of rotatable bonds is 5. The number of pyridine rings is 2. The van der Waals surface area contributed by atoms with Crippen molar-refractivity contribution in [3.8, 4) is 28.2 Å². The molecule has 0 unspecified atom stereocenters. The summed E-state index contributed by atoms with van der Waals surface area (Å²) in [5.41, 5.74) is 9.48. The molecule has 0 atom stereocenters. The van der Waals surface area contributed by atoms with Crippen molar-refractivity contribution >= 4 is 65.5 Å². The fraction of sp³-hybridized carbons (Fsp3) is 0. The summed E-state index contributed by atoms with van der Waals surface area (Å²) in [5.74, 6) is 0. The highest BCUT2D eigenvalue weighted by Gasteiger charge is 2.24. The summed E-state index contributed by atoms with van der Waals surface area (Å²) < 4.78 is 4.87. The molecule has 0 spiro atoms. The van der Waals surface area contributed by atoms with E-state index in [2.05, 4.69) is 114 Å². The van der Waals surface area contributed by atoms with Crippen molar-refractivity contribution in [1.82, 2.24) is 14.5 Å². The average Bonchev–Trinajstić information content (AvgIpc) is 3.61. The SMILES string of the molecule is C=Cc1c(C=C)c2c3cnccc3n(-c3cc(-c4ccccc4)nc(-c4ccccc4)c3)c2c2sc3ccccc3c12. The molecule has 42 heavy (non-hydrogen) atoms. The number of hydrogen-bond donors (Lipinski definition) is 0. The molecule has 0 N–H and O–H groups in total. The van der Waals surface area contributed by atoms with Crippen LogP contribution in [0.1, 0.15) is 11.1 Å². The Hall–Kier alpha value is -5.32. The molecule has 0 aliphatic carbocycles. The maximum atomic E-state index is 5.15. The van der Waals surface area contributed by atoms with E-state index in [-0.39, 0.29) is 0 Å². The molecule has 0 fully saturated rings. The number of fused-ring (bicyclic) bond motifs is 7. The summed E-state index contributed by atoms with van der Waals surface area (Å²) in [6.07, 6.45) is 7.80. The van der Waals surface area contributed by atoms with Crippen LogP contribution in [-0.2, 0) is 0 Å². The summed E-state index contributed by atoms with van der Waals surface area (Å²) in [6, 6.07) is 35.9. The Morgan fingerprint density at radius 2 is 1.29 bits per heavy atom. The van der Waals surface area contributed by atoms with E-state index in [1.165, 1.54) is 20.2 Å². The van der Waals surface area contributed by atoms with Crippen molar-refractivity contribution in [2.75, 3.05) is 0 Å². The van der Waals surface area contributed by atoms with Crippen LogP contribution in [0.4, 0.5) is 0 Å². The zero-order valence-electron chi connectivity index (χ0n) is 22.8. The highest BCUT2D eigenvalue weighted by Crippen LogP contribution is 2.47. The lowest BCUT2D eigenvalue weighted by Gasteiger charge is -2.14. The van der Waals surface area contributed by atoms with Gasteiger partial charge in [0.05, 0.1) is 32.8 Å². The number of benzene rings is 4. The fourth-order valence-electron chi connectivity index (χ4n) is 6.22. The topological polar surface area (TPSA) is 30.7 Å². The molecule has 0 aliphatic heterocycles. The third-order valence-electron chi connectivity index (χ3n) is 8.02. The van der Waals surface area contributed by atoms with Crippen LogP contribution in [0.2, 0.25) is 0 Å². The Bertz CT molecular complexity index is 2270. The van der Waals surface area contributed by atoms with Gasteiger partial charge in [-0.15, -0.1) is 11.3 Å². The first-order chi connectivity index (χ1) is 20.8. The van der Waals surface area contributed by atoms with Crippen LogP contribution in [0.15, 0.2) is 129 Å². The Morgan fingerprint density at radius 3 is 1.95 bits per heavy atom. The minimum Gasteiger partial charge on any atom is -0.307 e. The molecule has 0 aliphatic rings. The van der Waals surface area contributed by atoms with Gasteiger partial charge in [0.15, 0.2) is 0 Å². The summed E-state index contributed by atoms with van der Waals surface area (Å²) in [5, 5.41) is 4.67. The van der Waals surface area contributed by atoms with E-state index in [4.69, 9.17) is 4.98 Å². The zero-order valence-corrected chi connectivity index (χ0v) is 23.6. The van der Waals surface area contributed by atoms with Gasteiger partial charge in [-0.2, -0.15) is 0 Å². The van der Waals surface area contributed by atoms with Crippen molar-refractivity contribution in [1.29, 1.82) is 0 Å². The number of thiophene rings is 1. The predicted octanol–water partition coefficient (Wildman–Crippen LogP) is 10.6. The first kappa shape index (κ1) is 24.5. The van der Waals surface area contributed by atoms with Gasteiger partial charge >= 0.3 is 0 Å². The van der Waals surface area contributed by atoms with Gasteiger partial charge in [-0.05, 0) is 35.4 Å². The summed E-state index contributed by atoms with van der Waals surface area (Å²) >= 11 is 1.83. The van der Waals surface area contributed by atoms with Gasteiger partial charge in [0.2, 0.25) is 0 Å². The second kappa shape index (κ2) is 9.65.